The van der Waals surface area contributed by atoms with Crippen molar-refractivity contribution in [1.29, 1.82) is 0 Å². The van der Waals surface area contributed by atoms with Crippen LogP contribution in [-0.2, 0) is 4.74 Å². The topological polar surface area (TPSA) is 66.9 Å². The van der Waals surface area contributed by atoms with E-state index in [2.05, 4.69) is 26.8 Å². The van der Waals surface area contributed by atoms with Crippen LogP contribution in [0.25, 0.3) is 22.6 Å². The average Bonchev–Trinajstić information content (AvgIpc) is 3.18. The van der Waals surface area contributed by atoms with Crippen molar-refractivity contribution in [2.24, 2.45) is 0 Å². The van der Waals surface area contributed by atoms with Crippen molar-refractivity contribution in [3.05, 3.63) is 71.5 Å². The van der Waals surface area contributed by atoms with Gasteiger partial charge in [0.1, 0.15) is 17.7 Å². The van der Waals surface area contributed by atoms with Gasteiger partial charge in [0, 0.05) is 16.8 Å². The number of aromatic nitrogens is 4. The Morgan fingerprint density at radius 1 is 1.10 bits per heavy atom. The van der Waals surface area contributed by atoms with Crippen LogP contribution in [0.2, 0.25) is 5.02 Å². The lowest BCUT2D eigenvalue weighted by atomic mass is 10.1. The summed E-state index contributed by atoms with van der Waals surface area (Å²) in [7, 11) is 0. The van der Waals surface area contributed by atoms with Gasteiger partial charge in [-0.3, -0.25) is 4.98 Å². The minimum Gasteiger partial charge on any atom is -0.368 e. The minimum atomic E-state index is -0.0777. The minimum absolute atomic E-state index is 0.0777. The zero-order valence-corrected chi connectivity index (χ0v) is 16.7. The molecule has 2 atom stereocenters. The average molecular weight is 406 g/mol. The molecule has 6 nitrogen and oxygen atoms in total. The van der Waals surface area contributed by atoms with Crippen molar-refractivity contribution in [1.82, 2.24) is 19.9 Å². The number of H-pyrrole nitrogens is 1. The number of anilines is 1. The molecule has 4 aromatic rings. The molecule has 4 heterocycles. The van der Waals surface area contributed by atoms with Gasteiger partial charge in [0.25, 0.3) is 0 Å². The zero-order chi connectivity index (χ0) is 19.8. The number of rotatable bonds is 3. The maximum Gasteiger partial charge on any atom is 0.180 e. The molecule has 1 N–H and O–H groups in total. The zero-order valence-electron chi connectivity index (χ0n) is 15.9. The maximum atomic E-state index is 6.12. The molecular formula is C22H20ClN5O. The van der Waals surface area contributed by atoms with Crippen molar-refractivity contribution >= 4 is 28.6 Å². The molecule has 0 aliphatic carbocycles. The van der Waals surface area contributed by atoms with Gasteiger partial charge in [-0.2, -0.15) is 0 Å². The summed E-state index contributed by atoms with van der Waals surface area (Å²) in [6.07, 6.45) is 1.72. The van der Waals surface area contributed by atoms with Crippen LogP contribution in [0.1, 0.15) is 18.7 Å². The number of imidazole rings is 1. The van der Waals surface area contributed by atoms with E-state index in [4.69, 9.17) is 21.3 Å². The number of aromatic amines is 1. The normalized spacial score (nSPS) is 19.6. The van der Waals surface area contributed by atoms with E-state index in [0.29, 0.717) is 23.8 Å². The number of ether oxygens (including phenoxy) is 1. The van der Waals surface area contributed by atoms with E-state index in [-0.39, 0.29) is 12.1 Å². The van der Waals surface area contributed by atoms with Gasteiger partial charge in [0.15, 0.2) is 5.65 Å². The molecule has 0 saturated carbocycles. The summed E-state index contributed by atoms with van der Waals surface area (Å²) in [6, 6.07) is 17.8. The second-order valence-electron chi connectivity index (χ2n) is 7.21. The molecule has 3 aromatic heterocycles. The third-order valence-electron chi connectivity index (χ3n) is 5.17. The highest BCUT2D eigenvalue weighted by atomic mass is 35.5. The number of fused-ring (bicyclic) bond motifs is 1. The first kappa shape index (κ1) is 18.1. The third kappa shape index (κ3) is 3.57. The van der Waals surface area contributed by atoms with Crippen molar-refractivity contribution in [2.45, 2.75) is 19.1 Å². The molecule has 146 valence electrons. The molecule has 1 fully saturated rings. The van der Waals surface area contributed by atoms with E-state index in [1.165, 1.54) is 0 Å². The van der Waals surface area contributed by atoms with Gasteiger partial charge in [-0.05, 0) is 43.3 Å². The molecule has 2 unspecified atom stereocenters. The fourth-order valence-electron chi connectivity index (χ4n) is 3.64. The number of halogens is 1. The number of morpholine rings is 1. The summed E-state index contributed by atoms with van der Waals surface area (Å²) in [5, 5.41) is 0.680. The van der Waals surface area contributed by atoms with Crippen LogP contribution in [0.15, 0.2) is 60.8 Å². The van der Waals surface area contributed by atoms with E-state index in [9.17, 15) is 0 Å². The van der Waals surface area contributed by atoms with Crippen molar-refractivity contribution < 1.29 is 4.74 Å². The molecule has 0 spiro atoms. The van der Waals surface area contributed by atoms with E-state index in [1.807, 2.05) is 54.6 Å². The van der Waals surface area contributed by atoms with E-state index in [1.54, 1.807) is 6.20 Å². The highest BCUT2D eigenvalue weighted by Crippen LogP contribution is 2.29. The van der Waals surface area contributed by atoms with Gasteiger partial charge < -0.3 is 14.6 Å². The predicted molar refractivity (Wildman–Crippen MR) is 114 cm³/mol. The number of hydrogen-bond donors (Lipinski definition) is 1. The van der Waals surface area contributed by atoms with E-state index in [0.717, 1.165) is 28.4 Å². The van der Waals surface area contributed by atoms with Crippen LogP contribution >= 0.6 is 11.6 Å². The largest absolute Gasteiger partial charge is 0.368 e. The molecule has 0 radical (unpaired) electrons. The quantitative estimate of drug-likeness (QED) is 0.537. The second-order valence-corrected chi connectivity index (χ2v) is 7.65. The summed E-state index contributed by atoms with van der Waals surface area (Å²) >= 11 is 6.12. The highest BCUT2D eigenvalue weighted by Gasteiger charge is 2.29. The fraction of sp³-hybridized carbons (Fsp3) is 0.227. The summed E-state index contributed by atoms with van der Waals surface area (Å²) in [4.78, 5) is 19.5. The number of nitrogens with zero attached hydrogens (tertiary/aromatic N) is 4. The molecule has 0 amide bonds. The summed E-state index contributed by atoms with van der Waals surface area (Å²) < 4.78 is 6.02. The van der Waals surface area contributed by atoms with E-state index >= 15 is 0 Å². The molecule has 1 saturated heterocycles. The summed E-state index contributed by atoms with van der Waals surface area (Å²) in [5.41, 5.74) is 3.46. The van der Waals surface area contributed by atoms with Gasteiger partial charge in [0.05, 0.1) is 30.4 Å². The van der Waals surface area contributed by atoms with Crippen molar-refractivity contribution in [3.8, 4) is 11.4 Å². The monoisotopic (exact) mass is 405 g/mol. The maximum absolute atomic E-state index is 6.12. The van der Waals surface area contributed by atoms with Gasteiger partial charge in [-0.1, -0.05) is 29.8 Å². The number of benzene rings is 1. The Hall–Kier alpha value is -2.96. The van der Waals surface area contributed by atoms with Crippen LogP contribution < -0.4 is 4.90 Å². The van der Waals surface area contributed by atoms with Crippen LogP contribution in [0.5, 0.6) is 0 Å². The number of pyridine rings is 2. The lowest BCUT2D eigenvalue weighted by Crippen LogP contribution is -2.45. The fourth-order valence-corrected chi connectivity index (χ4v) is 3.83. The molecule has 29 heavy (non-hydrogen) atoms. The molecule has 0 bridgehead atoms. The first-order chi connectivity index (χ1) is 14.2. The predicted octanol–water partition coefficient (Wildman–Crippen LogP) is 4.64. The Morgan fingerprint density at radius 3 is 2.86 bits per heavy atom. The highest BCUT2D eigenvalue weighted by molar-refractivity contribution is 6.30. The van der Waals surface area contributed by atoms with Gasteiger partial charge >= 0.3 is 0 Å². The Kier molecular flexibility index (Phi) is 4.66. The standard InChI is InChI=1S/C22H20ClN5O/c1-14-13-29-19(17-7-2-3-10-24-17)12-28(14)20-9-8-18-22(26-20)27-21(25-18)15-5-4-6-16(23)11-15/h2-11,14,19H,12-13H2,1H3,(H,25,26,27). The van der Waals surface area contributed by atoms with Gasteiger partial charge in [-0.25, -0.2) is 9.97 Å². The summed E-state index contributed by atoms with van der Waals surface area (Å²) in [5.74, 6) is 1.65. The van der Waals surface area contributed by atoms with E-state index < -0.39 is 0 Å². The van der Waals surface area contributed by atoms with Crippen molar-refractivity contribution in [3.63, 3.8) is 0 Å². The Labute approximate surface area is 173 Å². The SMILES string of the molecule is CC1COC(c2ccccn2)CN1c1ccc2[nH]c(-c3cccc(Cl)c3)nc2n1. The van der Waals surface area contributed by atoms with Crippen molar-refractivity contribution in [2.75, 3.05) is 18.1 Å². The van der Waals surface area contributed by atoms with Crippen LogP contribution in [0.4, 0.5) is 5.82 Å². The molecule has 7 heteroatoms. The Bertz CT molecular complexity index is 1150. The van der Waals surface area contributed by atoms with Crippen LogP contribution in [0.3, 0.4) is 0 Å². The van der Waals surface area contributed by atoms with Crippen LogP contribution in [0, 0.1) is 0 Å². The summed E-state index contributed by atoms with van der Waals surface area (Å²) in [6.45, 7) is 3.46. The van der Waals surface area contributed by atoms with Gasteiger partial charge in [-0.15, -0.1) is 0 Å². The second kappa shape index (κ2) is 7.46. The first-order valence-corrected chi connectivity index (χ1v) is 9.97. The first-order valence-electron chi connectivity index (χ1n) is 9.59. The van der Waals surface area contributed by atoms with Gasteiger partial charge in [0.2, 0.25) is 0 Å². The lowest BCUT2D eigenvalue weighted by molar-refractivity contribution is 0.0187. The lowest BCUT2D eigenvalue weighted by Gasteiger charge is -2.38. The third-order valence-corrected chi connectivity index (χ3v) is 5.41. The molecule has 1 aliphatic heterocycles. The molecule has 1 aromatic carbocycles. The molecular weight excluding hydrogens is 386 g/mol. The molecule has 1 aliphatic rings. The number of nitrogens with one attached hydrogen (secondary N) is 1. The Morgan fingerprint density at radius 2 is 2.03 bits per heavy atom. The molecule has 5 rings (SSSR count). The Balaban J connectivity index is 1.46. The van der Waals surface area contributed by atoms with Crippen LogP contribution in [-0.4, -0.2) is 39.1 Å². The smallest absolute Gasteiger partial charge is 0.180 e. The number of hydrogen-bond acceptors (Lipinski definition) is 5.